The number of anilines is 1. The van der Waals surface area contributed by atoms with Gasteiger partial charge in [-0.1, -0.05) is 19.9 Å². The van der Waals surface area contributed by atoms with Crippen LogP contribution in [0.25, 0.3) is 0 Å². The Labute approximate surface area is 112 Å². The van der Waals surface area contributed by atoms with Crippen molar-refractivity contribution in [1.82, 2.24) is 0 Å². The van der Waals surface area contributed by atoms with Gasteiger partial charge < -0.3 is 5.32 Å². The first-order valence-electron chi connectivity index (χ1n) is 6.70. The first-order chi connectivity index (χ1) is 8.76. The van der Waals surface area contributed by atoms with Crippen LogP contribution in [0.1, 0.15) is 45.1 Å². The number of hydrogen-bond donors (Lipinski definition) is 1. The Morgan fingerprint density at radius 1 is 1.16 bits per heavy atom. The van der Waals surface area contributed by atoms with Crippen LogP contribution >= 0.6 is 0 Å². The lowest BCUT2D eigenvalue weighted by molar-refractivity contribution is -0.137. The third kappa shape index (κ3) is 3.88. The fraction of sp³-hybridized carbons (Fsp3) is 0.600. The first kappa shape index (κ1) is 14.2. The van der Waals surface area contributed by atoms with Gasteiger partial charge in [-0.15, -0.1) is 0 Å². The van der Waals surface area contributed by atoms with Crippen molar-refractivity contribution in [3.8, 4) is 0 Å². The standard InChI is InChI=1S/C15H20F3N/c1-14(2)8-6-12(7-9-14)19-13-5-3-4-11(10-13)15(16,17)18/h3-5,10,12,19H,6-9H2,1-2H3. The molecule has 0 radical (unpaired) electrons. The van der Waals surface area contributed by atoms with Crippen molar-refractivity contribution in [2.45, 2.75) is 51.7 Å². The van der Waals surface area contributed by atoms with E-state index in [1.165, 1.54) is 12.1 Å². The van der Waals surface area contributed by atoms with Crippen molar-refractivity contribution in [1.29, 1.82) is 0 Å². The van der Waals surface area contributed by atoms with E-state index in [1.807, 2.05) is 0 Å². The molecule has 1 fully saturated rings. The minimum atomic E-state index is -4.27. The van der Waals surface area contributed by atoms with Gasteiger partial charge in [0, 0.05) is 11.7 Å². The molecule has 1 aliphatic carbocycles. The van der Waals surface area contributed by atoms with E-state index in [9.17, 15) is 13.2 Å². The van der Waals surface area contributed by atoms with Crippen LogP contribution in [0.3, 0.4) is 0 Å². The van der Waals surface area contributed by atoms with Crippen molar-refractivity contribution in [3.63, 3.8) is 0 Å². The zero-order valence-electron chi connectivity index (χ0n) is 11.3. The van der Waals surface area contributed by atoms with Gasteiger partial charge in [0.1, 0.15) is 0 Å². The van der Waals surface area contributed by atoms with Crippen LogP contribution in [0.15, 0.2) is 24.3 Å². The van der Waals surface area contributed by atoms with E-state index in [-0.39, 0.29) is 6.04 Å². The molecule has 19 heavy (non-hydrogen) atoms. The van der Waals surface area contributed by atoms with Crippen molar-refractivity contribution >= 4 is 5.69 Å². The Balaban J connectivity index is 2.00. The lowest BCUT2D eigenvalue weighted by atomic mass is 9.75. The summed E-state index contributed by atoms with van der Waals surface area (Å²) < 4.78 is 37.9. The quantitative estimate of drug-likeness (QED) is 0.790. The lowest BCUT2D eigenvalue weighted by Gasteiger charge is -2.35. The second-order valence-corrected chi connectivity index (χ2v) is 6.16. The zero-order valence-corrected chi connectivity index (χ0v) is 11.3. The maximum absolute atomic E-state index is 12.6. The van der Waals surface area contributed by atoms with Crippen LogP contribution in [0.4, 0.5) is 18.9 Å². The molecular weight excluding hydrogens is 251 g/mol. The number of nitrogens with one attached hydrogen (secondary N) is 1. The smallest absolute Gasteiger partial charge is 0.382 e. The highest BCUT2D eigenvalue weighted by molar-refractivity contribution is 5.47. The highest BCUT2D eigenvalue weighted by Crippen LogP contribution is 2.36. The molecule has 1 N–H and O–H groups in total. The molecule has 1 saturated carbocycles. The first-order valence-corrected chi connectivity index (χ1v) is 6.70. The minimum absolute atomic E-state index is 0.288. The maximum Gasteiger partial charge on any atom is 0.416 e. The normalized spacial score (nSPS) is 20.3. The van der Waals surface area contributed by atoms with E-state index >= 15 is 0 Å². The summed E-state index contributed by atoms with van der Waals surface area (Å²) in [6, 6.07) is 5.75. The number of halogens is 3. The fourth-order valence-electron chi connectivity index (χ4n) is 2.56. The summed E-state index contributed by atoms with van der Waals surface area (Å²) in [6.07, 6.45) is -0.00794. The molecule has 1 aromatic carbocycles. The van der Waals surface area contributed by atoms with Gasteiger partial charge in [0.05, 0.1) is 5.56 Å². The van der Waals surface area contributed by atoms with Gasteiger partial charge in [0.2, 0.25) is 0 Å². The fourth-order valence-corrected chi connectivity index (χ4v) is 2.56. The van der Waals surface area contributed by atoms with Crippen molar-refractivity contribution in [2.24, 2.45) is 5.41 Å². The predicted molar refractivity (Wildman–Crippen MR) is 71.1 cm³/mol. The van der Waals surface area contributed by atoms with Gasteiger partial charge >= 0.3 is 6.18 Å². The summed E-state index contributed by atoms with van der Waals surface area (Å²) in [5.41, 5.74) is 0.347. The summed E-state index contributed by atoms with van der Waals surface area (Å²) in [5, 5.41) is 3.23. The Hall–Kier alpha value is -1.19. The van der Waals surface area contributed by atoms with E-state index in [1.54, 1.807) is 6.07 Å². The third-order valence-corrected chi connectivity index (χ3v) is 3.90. The average molecular weight is 271 g/mol. The van der Waals surface area contributed by atoms with Gasteiger partial charge in [-0.2, -0.15) is 13.2 Å². The average Bonchev–Trinajstić information content (AvgIpc) is 2.31. The van der Waals surface area contributed by atoms with Crippen LogP contribution in [0.2, 0.25) is 0 Å². The Morgan fingerprint density at radius 3 is 2.37 bits per heavy atom. The molecule has 0 atom stereocenters. The monoisotopic (exact) mass is 271 g/mol. The second-order valence-electron chi connectivity index (χ2n) is 6.16. The van der Waals surface area contributed by atoms with Gasteiger partial charge in [-0.25, -0.2) is 0 Å². The molecule has 0 aromatic heterocycles. The van der Waals surface area contributed by atoms with Crippen LogP contribution < -0.4 is 5.32 Å². The molecule has 1 aromatic rings. The van der Waals surface area contributed by atoms with Crippen molar-refractivity contribution < 1.29 is 13.2 Å². The number of alkyl halides is 3. The highest BCUT2D eigenvalue weighted by atomic mass is 19.4. The Bertz CT molecular complexity index is 427. The summed E-state index contributed by atoms with van der Waals surface area (Å²) in [5.74, 6) is 0. The summed E-state index contributed by atoms with van der Waals surface area (Å²) >= 11 is 0. The number of benzene rings is 1. The molecule has 0 spiro atoms. The second kappa shape index (κ2) is 5.06. The van der Waals surface area contributed by atoms with Crippen LogP contribution in [0.5, 0.6) is 0 Å². The van der Waals surface area contributed by atoms with E-state index in [2.05, 4.69) is 19.2 Å². The molecule has 0 unspecified atom stereocenters. The Kier molecular flexibility index (Phi) is 3.79. The molecule has 106 valence electrons. The maximum atomic E-state index is 12.6. The zero-order chi connectivity index (χ0) is 14.1. The molecule has 4 heteroatoms. The summed E-state index contributed by atoms with van der Waals surface area (Å²) in [7, 11) is 0. The van der Waals surface area contributed by atoms with Crippen molar-refractivity contribution in [3.05, 3.63) is 29.8 Å². The molecule has 0 saturated heterocycles. The lowest BCUT2D eigenvalue weighted by Crippen LogP contribution is -2.29. The van der Waals surface area contributed by atoms with Gasteiger partial charge in [-0.3, -0.25) is 0 Å². The highest BCUT2D eigenvalue weighted by Gasteiger charge is 2.31. The van der Waals surface area contributed by atoms with E-state index in [4.69, 9.17) is 0 Å². The van der Waals surface area contributed by atoms with E-state index < -0.39 is 11.7 Å². The van der Waals surface area contributed by atoms with Gasteiger partial charge in [-0.05, 0) is 49.3 Å². The van der Waals surface area contributed by atoms with E-state index in [0.717, 1.165) is 31.7 Å². The SMILES string of the molecule is CC1(C)CCC(Nc2cccc(C(F)(F)F)c2)CC1. The van der Waals surface area contributed by atoms with Crippen LogP contribution in [-0.4, -0.2) is 6.04 Å². The Morgan fingerprint density at radius 2 is 1.79 bits per heavy atom. The summed E-state index contributed by atoms with van der Waals surface area (Å²) in [6.45, 7) is 4.49. The predicted octanol–water partition coefficient (Wildman–Crippen LogP) is 5.09. The molecule has 1 aliphatic rings. The molecule has 0 amide bonds. The number of hydrogen-bond acceptors (Lipinski definition) is 1. The van der Waals surface area contributed by atoms with Gasteiger partial charge in [0.25, 0.3) is 0 Å². The number of rotatable bonds is 2. The molecule has 0 aliphatic heterocycles. The molecule has 0 heterocycles. The molecule has 1 nitrogen and oxygen atoms in total. The topological polar surface area (TPSA) is 12.0 Å². The van der Waals surface area contributed by atoms with E-state index in [0.29, 0.717) is 11.1 Å². The molecule has 0 bridgehead atoms. The minimum Gasteiger partial charge on any atom is -0.382 e. The van der Waals surface area contributed by atoms with Crippen LogP contribution in [0, 0.1) is 5.41 Å². The van der Waals surface area contributed by atoms with Crippen molar-refractivity contribution in [2.75, 3.05) is 5.32 Å². The van der Waals surface area contributed by atoms with Crippen LogP contribution in [-0.2, 0) is 6.18 Å². The summed E-state index contributed by atoms with van der Waals surface area (Å²) in [4.78, 5) is 0. The third-order valence-electron chi connectivity index (χ3n) is 3.90. The molecule has 2 rings (SSSR count). The van der Waals surface area contributed by atoms with Gasteiger partial charge in [0.15, 0.2) is 0 Å². The largest absolute Gasteiger partial charge is 0.416 e. The molecular formula is C15H20F3N.